The van der Waals surface area contributed by atoms with Crippen molar-refractivity contribution in [1.82, 2.24) is 15.1 Å². The summed E-state index contributed by atoms with van der Waals surface area (Å²) in [7, 11) is 0. The van der Waals surface area contributed by atoms with Crippen molar-refractivity contribution < 1.29 is 14.4 Å². The number of rotatable bonds is 8. The quantitative estimate of drug-likeness (QED) is 0.422. The van der Waals surface area contributed by atoms with E-state index in [1.807, 2.05) is 6.92 Å². The number of hydrogen-bond donors (Lipinski definition) is 1. The molecule has 0 aliphatic carbocycles. The van der Waals surface area contributed by atoms with Gasteiger partial charge >= 0.3 is 0 Å². The van der Waals surface area contributed by atoms with Gasteiger partial charge in [0, 0.05) is 38.3 Å². The molecular weight excluding hydrogens is 476 g/mol. The van der Waals surface area contributed by atoms with Crippen LogP contribution in [0.15, 0.2) is 42.5 Å². The van der Waals surface area contributed by atoms with E-state index in [-0.39, 0.29) is 18.2 Å². The molecule has 1 unspecified atom stereocenters. The van der Waals surface area contributed by atoms with Crippen molar-refractivity contribution in [1.29, 1.82) is 0 Å². The van der Waals surface area contributed by atoms with Gasteiger partial charge in [-0.05, 0) is 98.8 Å². The van der Waals surface area contributed by atoms with Gasteiger partial charge in [-0.15, -0.1) is 0 Å². The van der Waals surface area contributed by atoms with Gasteiger partial charge in [0.15, 0.2) is 0 Å². The van der Waals surface area contributed by atoms with E-state index in [0.29, 0.717) is 18.9 Å². The van der Waals surface area contributed by atoms with Crippen molar-refractivity contribution in [2.45, 2.75) is 76.9 Å². The molecule has 0 saturated carbocycles. The summed E-state index contributed by atoms with van der Waals surface area (Å²) >= 11 is 0. The van der Waals surface area contributed by atoms with Crippen LogP contribution in [0.4, 0.5) is 5.69 Å². The molecule has 2 aromatic rings. The number of anilines is 1. The topological polar surface area (TPSA) is 73.0 Å². The average molecular weight is 517 g/mol. The van der Waals surface area contributed by atoms with E-state index >= 15 is 0 Å². The van der Waals surface area contributed by atoms with Crippen molar-refractivity contribution in [3.8, 4) is 0 Å². The first-order chi connectivity index (χ1) is 18.5. The molecule has 3 saturated heterocycles. The second kappa shape index (κ2) is 12.1. The lowest BCUT2D eigenvalue weighted by atomic mass is 9.87. The number of carbonyl (C=O) groups is 3. The molecule has 3 aliphatic heterocycles. The molecule has 1 atom stereocenters. The van der Waals surface area contributed by atoms with Crippen molar-refractivity contribution in [3.05, 3.63) is 64.7 Å². The number of piperidine rings is 3. The Hall–Kier alpha value is -3.19. The van der Waals surface area contributed by atoms with Crippen LogP contribution in [-0.2, 0) is 27.5 Å². The molecule has 38 heavy (non-hydrogen) atoms. The van der Waals surface area contributed by atoms with Crippen molar-refractivity contribution in [2.75, 3.05) is 31.1 Å². The maximum absolute atomic E-state index is 12.3. The molecule has 0 bridgehead atoms. The Morgan fingerprint density at radius 3 is 2.37 bits per heavy atom. The summed E-state index contributed by atoms with van der Waals surface area (Å²) in [4.78, 5) is 42.3. The molecule has 5 rings (SSSR count). The first kappa shape index (κ1) is 26.4. The Labute approximate surface area is 226 Å². The van der Waals surface area contributed by atoms with E-state index in [1.54, 1.807) is 0 Å². The predicted molar refractivity (Wildman–Crippen MR) is 149 cm³/mol. The Balaban J connectivity index is 1.16. The molecule has 7 heteroatoms. The van der Waals surface area contributed by atoms with Crippen LogP contribution >= 0.6 is 0 Å². The number of imide groups is 1. The lowest BCUT2D eigenvalue weighted by Crippen LogP contribution is -2.51. The maximum atomic E-state index is 12.3. The number of nitrogens with zero attached hydrogens (tertiary/aromatic N) is 3. The van der Waals surface area contributed by atoms with Gasteiger partial charge in [0.05, 0.1) is 0 Å². The monoisotopic (exact) mass is 516 g/mol. The van der Waals surface area contributed by atoms with E-state index in [9.17, 15) is 14.4 Å². The summed E-state index contributed by atoms with van der Waals surface area (Å²) in [5.41, 5.74) is 6.22. The predicted octanol–water partition coefficient (Wildman–Crippen LogP) is 4.13. The molecule has 2 aromatic carbocycles. The Bertz CT molecular complexity index is 1130. The van der Waals surface area contributed by atoms with Crippen LogP contribution in [0.25, 0.3) is 0 Å². The third-order valence-electron chi connectivity index (χ3n) is 8.59. The summed E-state index contributed by atoms with van der Waals surface area (Å²) in [6.07, 6.45) is 7.56. The SMILES string of the molecule is Cc1ccc(C2CCN(Cc3ccc(N4CCCCC4)cc3)CC2)cc1CN(C=O)C1CCC(=O)NC1=O. The molecule has 3 amide bonds. The fourth-order valence-electron chi connectivity index (χ4n) is 6.18. The second-order valence-electron chi connectivity index (χ2n) is 11.2. The number of nitrogens with one attached hydrogen (secondary N) is 1. The van der Waals surface area contributed by atoms with Gasteiger partial charge in [0.2, 0.25) is 18.2 Å². The Morgan fingerprint density at radius 1 is 0.947 bits per heavy atom. The fourth-order valence-corrected chi connectivity index (χ4v) is 6.18. The molecule has 3 fully saturated rings. The highest BCUT2D eigenvalue weighted by Crippen LogP contribution is 2.31. The van der Waals surface area contributed by atoms with Gasteiger partial charge in [-0.3, -0.25) is 24.6 Å². The maximum Gasteiger partial charge on any atom is 0.249 e. The Morgan fingerprint density at radius 2 is 1.68 bits per heavy atom. The lowest BCUT2D eigenvalue weighted by molar-refractivity contribution is -0.141. The summed E-state index contributed by atoms with van der Waals surface area (Å²) in [6.45, 7) is 7.91. The molecule has 3 aliphatic rings. The highest BCUT2D eigenvalue weighted by atomic mass is 16.2. The largest absolute Gasteiger partial charge is 0.372 e. The smallest absolute Gasteiger partial charge is 0.249 e. The number of benzene rings is 2. The van der Waals surface area contributed by atoms with Gasteiger partial charge in [-0.2, -0.15) is 0 Å². The summed E-state index contributed by atoms with van der Waals surface area (Å²) in [5, 5.41) is 2.36. The minimum Gasteiger partial charge on any atom is -0.372 e. The molecule has 7 nitrogen and oxygen atoms in total. The van der Waals surface area contributed by atoms with Crippen molar-refractivity contribution in [2.24, 2.45) is 0 Å². The van der Waals surface area contributed by atoms with Crippen LogP contribution in [0.1, 0.15) is 73.1 Å². The number of aryl methyl sites for hydroxylation is 1. The van der Waals surface area contributed by atoms with E-state index < -0.39 is 6.04 Å². The highest BCUT2D eigenvalue weighted by molar-refractivity contribution is 6.00. The molecule has 0 aromatic heterocycles. The van der Waals surface area contributed by atoms with Crippen molar-refractivity contribution >= 4 is 23.9 Å². The zero-order valence-electron chi connectivity index (χ0n) is 22.5. The standard InChI is InChI=1S/C31H40N4O3/c1-23-5-8-26(19-27(23)21-35(22-36)29-11-12-30(37)32-31(29)38)25-13-17-33(18-14-25)20-24-6-9-28(10-7-24)34-15-3-2-4-16-34/h5-10,19,22,25,29H,2-4,11-18,20-21H2,1H3,(H,32,37,38). The summed E-state index contributed by atoms with van der Waals surface area (Å²) in [5.74, 6) is -0.154. The lowest BCUT2D eigenvalue weighted by Gasteiger charge is -2.33. The molecule has 1 N–H and O–H groups in total. The average Bonchev–Trinajstić information content (AvgIpc) is 2.94. The number of carbonyl (C=O) groups excluding carboxylic acids is 3. The van der Waals surface area contributed by atoms with Crippen LogP contribution in [0.3, 0.4) is 0 Å². The van der Waals surface area contributed by atoms with Gasteiger partial charge < -0.3 is 9.80 Å². The normalized spacial score (nSPS) is 21.3. The van der Waals surface area contributed by atoms with Crippen LogP contribution in [0.5, 0.6) is 0 Å². The minimum atomic E-state index is -0.592. The van der Waals surface area contributed by atoms with Crippen LogP contribution in [0, 0.1) is 6.92 Å². The third kappa shape index (κ3) is 6.26. The first-order valence-electron chi connectivity index (χ1n) is 14.2. The van der Waals surface area contributed by atoms with Gasteiger partial charge in [-0.25, -0.2) is 0 Å². The van der Waals surface area contributed by atoms with Crippen LogP contribution in [0.2, 0.25) is 0 Å². The molecule has 0 spiro atoms. The van der Waals surface area contributed by atoms with Gasteiger partial charge in [0.25, 0.3) is 0 Å². The van der Waals surface area contributed by atoms with E-state index in [0.717, 1.165) is 50.0 Å². The van der Waals surface area contributed by atoms with E-state index in [1.165, 1.54) is 54.1 Å². The number of likely N-dealkylation sites (tertiary alicyclic amines) is 1. The van der Waals surface area contributed by atoms with Gasteiger partial charge in [-0.1, -0.05) is 30.3 Å². The fraction of sp³-hybridized carbons (Fsp3) is 0.516. The molecule has 3 heterocycles. The van der Waals surface area contributed by atoms with Crippen LogP contribution in [-0.4, -0.2) is 60.2 Å². The Kier molecular flexibility index (Phi) is 8.42. The second-order valence-corrected chi connectivity index (χ2v) is 11.2. The zero-order valence-corrected chi connectivity index (χ0v) is 22.5. The first-order valence-corrected chi connectivity index (χ1v) is 14.2. The minimum absolute atomic E-state index is 0.265. The summed E-state index contributed by atoms with van der Waals surface area (Å²) < 4.78 is 0. The number of hydrogen-bond acceptors (Lipinski definition) is 5. The zero-order chi connectivity index (χ0) is 26.5. The summed E-state index contributed by atoms with van der Waals surface area (Å²) in [6, 6.07) is 15.1. The molecule has 0 radical (unpaired) electrons. The van der Waals surface area contributed by atoms with E-state index in [4.69, 9.17) is 0 Å². The van der Waals surface area contributed by atoms with Crippen LogP contribution < -0.4 is 10.2 Å². The van der Waals surface area contributed by atoms with Crippen molar-refractivity contribution in [3.63, 3.8) is 0 Å². The van der Waals surface area contributed by atoms with E-state index in [2.05, 4.69) is 57.6 Å². The molecular formula is C31H40N4O3. The number of amides is 3. The molecule has 202 valence electrons. The third-order valence-corrected chi connectivity index (χ3v) is 8.59. The van der Waals surface area contributed by atoms with Gasteiger partial charge in [0.1, 0.15) is 6.04 Å². The highest BCUT2D eigenvalue weighted by Gasteiger charge is 2.31.